The number of nitrogens with one attached hydrogen (secondary N) is 1. The zero-order valence-electron chi connectivity index (χ0n) is 9.59. The van der Waals surface area contributed by atoms with E-state index in [1.54, 1.807) is 0 Å². The van der Waals surface area contributed by atoms with Crippen molar-refractivity contribution in [2.24, 2.45) is 11.7 Å². The molecular weight excluding hydrogens is 188 g/mol. The van der Waals surface area contributed by atoms with Crippen molar-refractivity contribution in [1.82, 2.24) is 5.32 Å². The summed E-state index contributed by atoms with van der Waals surface area (Å²) in [5, 5.41) is 3.10. The van der Waals surface area contributed by atoms with Gasteiger partial charge in [0.25, 0.3) is 0 Å². The minimum Gasteiger partial charge on any atom is -0.351 e. The summed E-state index contributed by atoms with van der Waals surface area (Å²) in [6.07, 6.45) is 7.60. The molecule has 0 aliphatic heterocycles. The summed E-state index contributed by atoms with van der Waals surface area (Å²) in [6, 6.07) is 0.247. The predicted octanol–water partition coefficient (Wildman–Crippen LogP) is 1.56. The van der Waals surface area contributed by atoms with E-state index >= 15 is 0 Å². The highest BCUT2D eigenvalue weighted by atomic mass is 16.1. The SMILES string of the molecule is CC1(NC(=O)CC2CCCCC2N)CC1. The molecule has 3 heteroatoms. The van der Waals surface area contributed by atoms with Crippen LogP contribution >= 0.6 is 0 Å². The quantitative estimate of drug-likeness (QED) is 0.742. The van der Waals surface area contributed by atoms with Gasteiger partial charge in [-0.1, -0.05) is 12.8 Å². The number of amides is 1. The van der Waals surface area contributed by atoms with Gasteiger partial charge in [-0.15, -0.1) is 0 Å². The topological polar surface area (TPSA) is 55.1 Å². The van der Waals surface area contributed by atoms with E-state index in [0.717, 1.165) is 25.7 Å². The lowest BCUT2D eigenvalue weighted by atomic mass is 9.83. The molecule has 3 N–H and O–H groups in total. The van der Waals surface area contributed by atoms with Gasteiger partial charge in [-0.25, -0.2) is 0 Å². The van der Waals surface area contributed by atoms with Crippen LogP contribution in [0.2, 0.25) is 0 Å². The Morgan fingerprint density at radius 1 is 1.40 bits per heavy atom. The van der Waals surface area contributed by atoms with Crippen LogP contribution in [0.3, 0.4) is 0 Å². The van der Waals surface area contributed by atoms with E-state index in [0.29, 0.717) is 12.3 Å². The van der Waals surface area contributed by atoms with E-state index in [1.165, 1.54) is 12.8 Å². The van der Waals surface area contributed by atoms with Crippen LogP contribution in [0.4, 0.5) is 0 Å². The zero-order chi connectivity index (χ0) is 10.9. The normalized spacial score (nSPS) is 33.5. The number of nitrogens with two attached hydrogens (primary N) is 1. The lowest BCUT2D eigenvalue weighted by Gasteiger charge is -2.28. The monoisotopic (exact) mass is 210 g/mol. The minimum atomic E-state index is 0.121. The van der Waals surface area contributed by atoms with E-state index in [2.05, 4.69) is 12.2 Å². The van der Waals surface area contributed by atoms with E-state index in [4.69, 9.17) is 5.73 Å². The molecule has 0 aromatic carbocycles. The third-order valence-corrected chi connectivity index (χ3v) is 3.86. The van der Waals surface area contributed by atoms with Gasteiger partial charge in [0.15, 0.2) is 0 Å². The van der Waals surface area contributed by atoms with Gasteiger partial charge in [0.2, 0.25) is 5.91 Å². The summed E-state index contributed by atoms with van der Waals surface area (Å²) in [7, 11) is 0. The third kappa shape index (κ3) is 2.94. The molecule has 2 unspecified atom stereocenters. The van der Waals surface area contributed by atoms with Crippen LogP contribution in [-0.2, 0) is 4.79 Å². The fourth-order valence-corrected chi connectivity index (χ4v) is 2.43. The van der Waals surface area contributed by atoms with Crippen molar-refractivity contribution in [3.63, 3.8) is 0 Å². The molecule has 2 fully saturated rings. The van der Waals surface area contributed by atoms with E-state index < -0.39 is 0 Å². The average Bonchev–Trinajstić information content (AvgIpc) is 2.87. The summed E-state index contributed by atoms with van der Waals surface area (Å²) >= 11 is 0. The van der Waals surface area contributed by atoms with Crippen molar-refractivity contribution in [2.45, 2.75) is 63.5 Å². The summed E-state index contributed by atoms with van der Waals surface area (Å²) in [5.41, 5.74) is 6.15. The molecule has 2 saturated carbocycles. The molecular formula is C12H22N2O. The van der Waals surface area contributed by atoms with Gasteiger partial charge in [0, 0.05) is 18.0 Å². The highest BCUT2D eigenvalue weighted by molar-refractivity contribution is 5.77. The fourth-order valence-electron chi connectivity index (χ4n) is 2.43. The molecule has 2 aliphatic rings. The number of carbonyl (C=O) groups is 1. The Kier molecular flexibility index (Phi) is 3.01. The molecule has 3 nitrogen and oxygen atoms in total. The number of carbonyl (C=O) groups excluding carboxylic acids is 1. The van der Waals surface area contributed by atoms with Crippen molar-refractivity contribution < 1.29 is 4.79 Å². The second-order valence-electron chi connectivity index (χ2n) is 5.52. The van der Waals surface area contributed by atoms with Crippen LogP contribution in [0.1, 0.15) is 51.9 Å². The molecule has 86 valence electrons. The molecule has 0 heterocycles. The predicted molar refractivity (Wildman–Crippen MR) is 60.3 cm³/mol. The molecule has 1 amide bonds. The van der Waals surface area contributed by atoms with Crippen LogP contribution in [0, 0.1) is 5.92 Å². The van der Waals surface area contributed by atoms with Crippen molar-refractivity contribution in [1.29, 1.82) is 0 Å². The Balaban J connectivity index is 1.77. The number of rotatable bonds is 3. The zero-order valence-corrected chi connectivity index (χ0v) is 9.59. The third-order valence-electron chi connectivity index (χ3n) is 3.86. The van der Waals surface area contributed by atoms with Crippen LogP contribution in [0.5, 0.6) is 0 Å². The van der Waals surface area contributed by atoms with Gasteiger partial charge in [0.05, 0.1) is 0 Å². The van der Waals surface area contributed by atoms with Gasteiger partial charge in [-0.3, -0.25) is 4.79 Å². The molecule has 0 spiro atoms. The van der Waals surface area contributed by atoms with Gasteiger partial charge in [-0.05, 0) is 38.5 Å². The fraction of sp³-hybridized carbons (Fsp3) is 0.917. The molecule has 15 heavy (non-hydrogen) atoms. The first-order valence-electron chi connectivity index (χ1n) is 6.16. The smallest absolute Gasteiger partial charge is 0.220 e. The van der Waals surface area contributed by atoms with Crippen LogP contribution in [0.15, 0.2) is 0 Å². The standard InChI is InChI=1S/C12H22N2O/c1-12(6-7-12)14-11(15)8-9-4-2-3-5-10(9)13/h9-10H,2-8,13H2,1H3,(H,14,15). The molecule has 0 saturated heterocycles. The Bertz CT molecular complexity index is 248. The summed E-state index contributed by atoms with van der Waals surface area (Å²) in [6.45, 7) is 2.12. The molecule has 2 rings (SSSR count). The highest BCUT2D eigenvalue weighted by Crippen LogP contribution is 2.35. The van der Waals surface area contributed by atoms with Crippen molar-refractivity contribution in [3.05, 3.63) is 0 Å². The average molecular weight is 210 g/mol. The van der Waals surface area contributed by atoms with Gasteiger partial charge in [-0.2, -0.15) is 0 Å². The Hall–Kier alpha value is -0.570. The van der Waals surface area contributed by atoms with E-state index in [-0.39, 0.29) is 17.5 Å². The minimum absolute atomic E-state index is 0.121. The molecule has 2 atom stereocenters. The van der Waals surface area contributed by atoms with Crippen molar-refractivity contribution in [2.75, 3.05) is 0 Å². The summed E-state index contributed by atoms with van der Waals surface area (Å²) in [5.74, 6) is 0.624. The highest BCUT2D eigenvalue weighted by Gasteiger charge is 2.39. The maximum atomic E-state index is 11.7. The van der Waals surface area contributed by atoms with Gasteiger partial charge >= 0.3 is 0 Å². The van der Waals surface area contributed by atoms with Crippen LogP contribution in [0.25, 0.3) is 0 Å². The Morgan fingerprint density at radius 2 is 2.07 bits per heavy atom. The van der Waals surface area contributed by atoms with E-state index in [9.17, 15) is 4.79 Å². The van der Waals surface area contributed by atoms with Crippen LogP contribution in [-0.4, -0.2) is 17.5 Å². The first-order valence-corrected chi connectivity index (χ1v) is 6.16. The lowest BCUT2D eigenvalue weighted by molar-refractivity contribution is -0.123. The molecule has 0 aromatic heterocycles. The summed E-state index contributed by atoms with van der Waals surface area (Å²) in [4.78, 5) is 11.7. The summed E-state index contributed by atoms with van der Waals surface area (Å²) < 4.78 is 0. The lowest BCUT2D eigenvalue weighted by Crippen LogP contribution is -2.40. The van der Waals surface area contributed by atoms with Gasteiger partial charge in [0.1, 0.15) is 0 Å². The first-order chi connectivity index (χ1) is 7.09. The maximum Gasteiger partial charge on any atom is 0.220 e. The second kappa shape index (κ2) is 4.12. The van der Waals surface area contributed by atoms with Gasteiger partial charge < -0.3 is 11.1 Å². The molecule has 0 bridgehead atoms. The second-order valence-corrected chi connectivity index (χ2v) is 5.52. The number of hydrogen-bond acceptors (Lipinski definition) is 2. The van der Waals surface area contributed by atoms with Crippen LogP contribution < -0.4 is 11.1 Å². The number of hydrogen-bond donors (Lipinski definition) is 2. The molecule has 0 radical (unpaired) electrons. The maximum absolute atomic E-state index is 11.7. The first kappa shape index (κ1) is 10.9. The van der Waals surface area contributed by atoms with E-state index in [1.807, 2.05) is 0 Å². The molecule has 0 aromatic rings. The van der Waals surface area contributed by atoms with Crippen molar-refractivity contribution >= 4 is 5.91 Å². The Morgan fingerprint density at radius 3 is 2.67 bits per heavy atom. The Labute approximate surface area is 91.8 Å². The van der Waals surface area contributed by atoms with Crippen molar-refractivity contribution in [3.8, 4) is 0 Å². The largest absolute Gasteiger partial charge is 0.351 e. The molecule has 2 aliphatic carbocycles.